The van der Waals surface area contributed by atoms with E-state index in [9.17, 15) is 4.79 Å². The molecule has 104 valence electrons. The molecule has 1 aliphatic heterocycles. The molecule has 2 aliphatic rings. The van der Waals surface area contributed by atoms with Crippen LogP contribution in [-0.2, 0) is 7.05 Å². The van der Waals surface area contributed by atoms with Gasteiger partial charge in [0, 0.05) is 19.6 Å². The molecule has 1 saturated heterocycles. The lowest BCUT2D eigenvalue weighted by atomic mass is 9.97. The summed E-state index contributed by atoms with van der Waals surface area (Å²) in [6.45, 7) is 3.09. The monoisotopic (exact) mass is 262 g/mol. The first-order valence-electron chi connectivity index (χ1n) is 7.23. The number of imidazole rings is 1. The van der Waals surface area contributed by atoms with Crippen molar-refractivity contribution in [1.29, 1.82) is 0 Å². The lowest BCUT2D eigenvalue weighted by molar-refractivity contribution is 0.0692. The Morgan fingerprint density at radius 2 is 2.16 bits per heavy atom. The Hall–Kier alpha value is -1.36. The average Bonchev–Trinajstić information content (AvgIpc) is 3.18. The summed E-state index contributed by atoms with van der Waals surface area (Å²) < 4.78 is 1.82. The quantitative estimate of drug-likeness (QED) is 0.881. The Balaban J connectivity index is 1.70. The summed E-state index contributed by atoms with van der Waals surface area (Å²) in [5.74, 6) is 0.806. The zero-order valence-corrected chi connectivity index (χ0v) is 11.5. The first kappa shape index (κ1) is 12.7. The van der Waals surface area contributed by atoms with Crippen LogP contribution in [0.15, 0.2) is 12.5 Å². The van der Waals surface area contributed by atoms with Gasteiger partial charge in [-0.3, -0.25) is 4.79 Å². The lowest BCUT2D eigenvalue weighted by Gasteiger charge is -2.30. The van der Waals surface area contributed by atoms with E-state index in [2.05, 4.69) is 15.2 Å². The Kier molecular flexibility index (Phi) is 3.55. The largest absolute Gasteiger partial charge is 0.334 e. The number of aryl methyl sites for hydroxylation is 1. The van der Waals surface area contributed by atoms with Crippen LogP contribution < -0.4 is 5.32 Å². The van der Waals surface area contributed by atoms with Gasteiger partial charge >= 0.3 is 0 Å². The van der Waals surface area contributed by atoms with Gasteiger partial charge in [-0.1, -0.05) is 0 Å². The fourth-order valence-corrected chi connectivity index (χ4v) is 2.84. The van der Waals surface area contributed by atoms with Gasteiger partial charge in [-0.2, -0.15) is 0 Å². The highest BCUT2D eigenvalue weighted by Crippen LogP contribution is 2.30. The van der Waals surface area contributed by atoms with Crippen LogP contribution in [-0.4, -0.2) is 46.0 Å². The number of amides is 1. The number of hydrogen-bond acceptors (Lipinski definition) is 3. The Morgan fingerprint density at radius 1 is 1.42 bits per heavy atom. The second-order valence-corrected chi connectivity index (χ2v) is 5.77. The molecule has 3 rings (SSSR count). The zero-order valence-electron chi connectivity index (χ0n) is 11.5. The van der Waals surface area contributed by atoms with Gasteiger partial charge in [-0.25, -0.2) is 4.98 Å². The molecule has 0 bridgehead atoms. The number of rotatable bonds is 4. The summed E-state index contributed by atoms with van der Waals surface area (Å²) in [6.07, 6.45) is 8.07. The van der Waals surface area contributed by atoms with Crippen molar-refractivity contribution in [3.63, 3.8) is 0 Å². The number of piperidine rings is 1. The molecule has 1 amide bonds. The van der Waals surface area contributed by atoms with Crippen LogP contribution in [0.4, 0.5) is 0 Å². The predicted octanol–water partition coefficient (Wildman–Crippen LogP) is 1.02. The van der Waals surface area contributed by atoms with Crippen LogP contribution in [0.25, 0.3) is 0 Å². The maximum atomic E-state index is 12.6. The second-order valence-electron chi connectivity index (χ2n) is 5.77. The zero-order chi connectivity index (χ0) is 13.2. The van der Waals surface area contributed by atoms with E-state index in [0.29, 0.717) is 17.7 Å². The molecule has 2 fully saturated rings. The minimum absolute atomic E-state index is 0.154. The molecule has 5 heteroatoms. The molecule has 2 heterocycles. The summed E-state index contributed by atoms with van der Waals surface area (Å²) in [7, 11) is 1.88. The van der Waals surface area contributed by atoms with Crippen LogP contribution in [0, 0.1) is 5.92 Å². The molecule has 0 radical (unpaired) electrons. The van der Waals surface area contributed by atoms with E-state index in [0.717, 1.165) is 32.5 Å². The Labute approximate surface area is 114 Å². The van der Waals surface area contributed by atoms with Crippen molar-refractivity contribution < 1.29 is 4.79 Å². The van der Waals surface area contributed by atoms with Gasteiger partial charge in [0.15, 0.2) is 0 Å². The van der Waals surface area contributed by atoms with E-state index < -0.39 is 0 Å². The van der Waals surface area contributed by atoms with E-state index in [1.807, 2.05) is 11.6 Å². The third-order valence-corrected chi connectivity index (χ3v) is 4.20. The smallest absolute Gasteiger partial charge is 0.272 e. The standard InChI is InChI=1S/C14H22N4O/c1-17-10-16-8-13(17)14(19)18(12-2-3-12)9-11-4-6-15-7-5-11/h8,10-12,15H,2-7,9H2,1H3. The number of carbonyl (C=O) groups excluding carboxylic acids is 1. The fraction of sp³-hybridized carbons (Fsp3) is 0.714. The van der Waals surface area contributed by atoms with Crippen molar-refractivity contribution in [3.8, 4) is 0 Å². The molecule has 0 unspecified atom stereocenters. The Bertz CT molecular complexity index is 446. The first-order valence-corrected chi connectivity index (χ1v) is 7.23. The molecule has 0 spiro atoms. The topological polar surface area (TPSA) is 50.2 Å². The van der Waals surface area contributed by atoms with Gasteiger partial charge in [-0.05, 0) is 44.7 Å². The minimum Gasteiger partial charge on any atom is -0.334 e. The summed E-state index contributed by atoms with van der Waals surface area (Å²) in [5.41, 5.74) is 0.709. The molecule has 1 N–H and O–H groups in total. The first-order chi connectivity index (χ1) is 9.25. The van der Waals surface area contributed by atoms with E-state index in [-0.39, 0.29) is 5.91 Å². The highest BCUT2D eigenvalue weighted by atomic mass is 16.2. The number of nitrogens with zero attached hydrogens (tertiary/aromatic N) is 3. The fourth-order valence-electron chi connectivity index (χ4n) is 2.84. The van der Waals surface area contributed by atoms with Crippen LogP contribution in [0.3, 0.4) is 0 Å². The third kappa shape index (κ3) is 2.81. The maximum Gasteiger partial charge on any atom is 0.272 e. The molecule has 1 aliphatic carbocycles. The van der Waals surface area contributed by atoms with Gasteiger partial charge < -0.3 is 14.8 Å². The van der Waals surface area contributed by atoms with E-state index >= 15 is 0 Å². The van der Waals surface area contributed by atoms with Crippen LogP contribution in [0.1, 0.15) is 36.2 Å². The highest BCUT2D eigenvalue weighted by molar-refractivity contribution is 5.92. The van der Waals surface area contributed by atoms with Crippen molar-refractivity contribution in [2.45, 2.75) is 31.7 Å². The SMILES string of the molecule is Cn1cncc1C(=O)N(CC1CCNCC1)C1CC1. The predicted molar refractivity (Wildman–Crippen MR) is 72.9 cm³/mol. The summed E-state index contributed by atoms with van der Waals surface area (Å²) in [4.78, 5) is 18.8. The second kappa shape index (κ2) is 5.33. The normalized spacial score (nSPS) is 20.5. The number of hydrogen-bond donors (Lipinski definition) is 1. The molecule has 1 saturated carbocycles. The highest BCUT2D eigenvalue weighted by Gasteiger charge is 2.35. The van der Waals surface area contributed by atoms with Crippen molar-refractivity contribution in [2.24, 2.45) is 13.0 Å². The van der Waals surface area contributed by atoms with Crippen molar-refractivity contribution in [2.75, 3.05) is 19.6 Å². The molecular formula is C14H22N4O. The van der Waals surface area contributed by atoms with Gasteiger partial charge in [0.2, 0.25) is 0 Å². The van der Waals surface area contributed by atoms with Crippen LogP contribution in [0.2, 0.25) is 0 Å². The third-order valence-electron chi connectivity index (χ3n) is 4.20. The van der Waals surface area contributed by atoms with E-state index in [4.69, 9.17) is 0 Å². The summed E-state index contributed by atoms with van der Waals surface area (Å²) in [5, 5.41) is 3.38. The number of aromatic nitrogens is 2. The molecule has 1 aromatic heterocycles. The Morgan fingerprint density at radius 3 is 2.74 bits per heavy atom. The molecule has 1 aromatic rings. The maximum absolute atomic E-state index is 12.6. The van der Waals surface area contributed by atoms with Crippen LogP contribution >= 0.6 is 0 Å². The van der Waals surface area contributed by atoms with Gasteiger partial charge in [0.25, 0.3) is 5.91 Å². The van der Waals surface area contributed by atoms with E-state index in [1.54, 1.807) is 12.5 Å². The average molecular weight is 262 g/mol. The van der Waals surface area contributed by atoms with Crippen molar-refractivity contribution >= 4 is 5.91 Å². The van der Waals surface area contributed by atoms with Gasteiger partial charge in [0.1, 0.15) is 5.69 Å². The number of nitrogens with one attached hydrogen (secondary N) is 1. The molecule has 0 aromatic carbocycles. The summed E-state index contributed by atoms with van der Waals surface area (Å²) in [6, 6.07) is 0.470. The van der Waals surface area contributed by atoms with Crippen molar-refractivity contribution in [3.05, 3.63) is 18.2 Å². The molecule has 0 atom stereocenters. The summed E-state index contributed by atoms with van der Waals surface area (Å²) >= 11 is 0. The number of carbonyl (C=O) groups is 1. The molecule has 19 heavy (non-hydrogen) atoms. The van der Waals surface area contributed by atoms with E-state index in [1.165, 1.54) is 12.8 Å². The molecule has 5 nitrogen and oxygen atoms in total. The van der Waals surface area contributed by atoms with Crippen LogP contribution in [0.5, 0.6) is 0 Å². The van der Waals surface area contributed by atoms with Gasteiger partial charge in [0.05, 0.1) is 12.5 Å². The minimum atomic E-state index is 0.154. The lowest BCUT2D eigenvalue weighted by Crippen LogP contribution is -2.41. The van der Waals surface area contributed by atoms with Crippen molar-refractivity contribution in [1.82, 2.24) is 19.8 Å². The van der Waals surface area contributed by atoms with Gasteiger partial charge in [-0.15, -0.1) is 0 Å². The molecular weight excluding hydrogens is 240 g/mol.